The molecule has 1 aliphatic rings. The molecule has 8 nitrogen and oxygen atoms in total. The number of hydrogen-bond donors (Lipinski definition) is 1. The first-order valence-electron chi connectivity index (χ1n) is 9.90. The number of carbonyl (C=O) groups excluding carboxylic acids is 1. The van der Waals surface area contributed by atoms with Crippen LogP contribution in [-0.4, -0.2) is 44.1 Å². The Kier molecular flexibility index (Phi) is 4.69. The Hall–Kier alpha value is -4.08. The predicted octanol–water partition coefficient (Wildman–Crippen LogP) is 3.14. The fourth-order valence-corrected chi connectivity index (χ4v) is 3.86. The van der Waals surface area contributed by atoms with E-state index in [1.807, 2.05) is 13.0 Å². The van der Waals surface area contributed by atoms with Gasteiger partial charge in [0.1, 0.15) is 35.9 Å². The molecule has 0 radical (unpaired) electrons. The Balaban J connectivity index is 1.65. The monoisotopic (exact) mass is 436 g/mol. The van der Waals surface area contributed by atoms with Crippen LogP contribution in [-0.2, 0) is 6.54 Å². The van der Waals surface area contributed by atoms with Crippen molar-refractivity contribution in [3.63, 3.8) is 0 Å². The Morgan fingerprint density at radius 1 is 1.19 bits per heavy atom. The lowest BCUT2D eigenvalue weighted by Crippen LogP contribution is -2.17. The highest BCUT2D eigenvalue weighted by Crippen LogP contribution is 2.38. The fourth-order valence-electron chi connectivity index (χ4n) is 3.86. The summed E-state index contributed by atoms with van der Waals surface area (Å²) in [5, 5.41) is 11.4. The first kappa shape index (κ1) is 19.9. The molecule has 4 aromatic rings. The molecule has 2 aromatic carbocycles. The molecule has 3 heterocycles. The van der Waals surface area contributed by atoms with Crippen LogP contribution in [0.25, 0.3) is 28.5 Å². The Morgan fingerprint density at radius 3 is 2.81 bits per heavy atom. The molecule has 0 atom stereocenters. The first-order chi connectivity index (χ1) is 15.5. The summed E-state index contributed by atoms with van der Waals surface area (Å²) < 4.78 is 36.8. The minimum absolute atomic E-state index is 0.0699. The number of nitrogens with zero attached hydrogens (tertiary/aromatic N) is 5. The number of aromatic nitrogens is 5. The van der Waals surface area contributed by atoms with E-state index >= 15 is 0 Å². The molecule has 0 bridgehead atoms. The van der Waals surface area contributed by atoms with Crippen LogP contribution in [0.1, 0.15) is 15.9 Å². The van der Waals surface area contributed by atoms with Crippen LogP contribution in [0.5, 0.6) is 5.75 Å². The van der Waals surface area contributed by atoms with E-state index in [9.17, 15) is 13.6 Å². The van der Waals surface area contributed by atoms with E-state index in [1.54, 1.807) is 23.9 Å². The number of nitrogens with one attached hydrogen (secondary N) is 1. The molecule has 32 heavy (non-hydrogen) atoms. The van der Waals surface area contributed by atoms with Crippen LogP contribution >= 0.6 is 0 Å². The standard InChI is InChI=1S/C22H18F2N6O2/c1-12-19(21-26-11-27-30(21)17-6-4-14(23)10-16(17)24)28-29-7-8-32-18-9-13(22(31)25-2)3-5-15(18)20(12)29/h3-6,9-11H,7-8H2,1-2H3,(H,25,31). The lowest BCUT2D eigenvalue weighted by molar-refractivity contribution is 0.0962. The molecule has 1 amide bonds. The van der Waals surface area contributed by atoms with Gasteiger partial charge < -0.3 is 10.1 Å². The minimum Gasteiger partial charge on any atom is -0.491 e. The summed E-state index contributed by atoms with van der Waals surface area (Å²) in [6.07, 6.45) is 1.30. The summed E-state index contributed by atoms with van der Waals surface area (Å²) in [7, 11) is 1.57. The van der Waals surface area contributed by atoms with Gasteiger partial charge in [-0.2, -0.15) is 10.2 Å². The third-order valence-corrected chi connectivity index (χ3v) is 5.37. The average molecular weight is 436 g/mol. The fraction of sp³-hybridized carbons (Fsp3) is 0.182. The summed E-state index contributed by atoms with van der Waals surface area (Å²) in [5.74, 6) is -0.731. The van der Waals surface area contributed by atoms with Crippen LogP contribution in [0.15, 0.2) is 42.7 Å². The van der Waals surface area contributed by atoms with Crippen molar-refractivity contribution in [3.05, 3.63) is 65.5 Å². The van der Waals surface area contributed by atoms with E-state index in [0.29, 0.717) is 36.0 Å². The van der Waals surface area contributed by atoms with Gasteiger partial charge in [-0.25, -0.2) is 18.4 Å². The largest absolute Gasteiger partial charge is 0.491 e. The van der Waals surface area contributed by atoms with Crippen LogP contribution in [0.2, 0.25) is 0 Å². The van der Waals surface area contributed by atoms with Crippen molar-refractivity contribution in [2.75, 3.05) is 13.7 Å². The summed E-state index contributed by atoms with van der Waals surface area (Å²) in [6.45, 7) is 2.71. The van der Waals surface area contributed by atoms with Crippen molar-refractivity contribution >= 4 is 5.91 Å². The predicted molar refractivity (Wildman–Crippen MR) is 112 cm³/mol. The second kappa shape index (κ2) is 7.56. The van der Waals surface area contributed by atoms with Crippen LogP contribution < -0.4 is 10.1 Å². The van der Waals surface area contributed by atoms with Crippen LogP contribution in [0.4, 0.5) is 8.78 Å². The third kappa shape index (κ3) is 3.11. The molecule has 0 unspecified atom stereocenters. The molecule has 0 saturated carbocycles. The second-order valence-electron chi connectivity index (χ2n) is 7.28. The summed E-state index contributed by atoms with van der Waals surface area (Å²) in [6, 6.07) is 8.51. The molecule has 162 valence electrons. The van der Waals surface area contributed by atoms with E-state index < -0.39 is 11.6 Å². The molecule has 0 spiro atoms. The minimum atomic E-state index is -0.754. The van der Waals surface area contributed by atoms with Gasteiger partial charge in [-0.15, -0.1) is 0 Å². The summed E-state index contributed by atoms with van der Waals surface area (Å²) >= 11 is 0. The molecule has 2 aromatic heterocycles. The van der Waals surface area contributed by atoms with Gasteiger partial charge in [0.15, 0.2) is 11.6 Å². The highest BCUT2D eigenvalue weighted by atomic mass is 19.1. The highest BCUT2D eigenvalue weighted by molar-refractivity contribution is 5.95. The number of carbonyl (C=O) groups is 1. The van der Waals surface area contributed by atoms with E-state index in [-0.39, 0.29) is 11.6 Å². The van der Waals surface area contributed by atoms with Crippen molar-refractivity contribution in [2.45, 2.75) is 13.5 Å². The van der Waals surface area contributed by atoms with Crippen LogP contribution in [0.3, 0.4) is 0 Å². The molecule has 1 aliphatic heterocycles. The number of ether oxygens (including phenoxy) is 1. The molecule has 0 saturated heterocycles. The third-order valence-electron chi connectivity index (χ3n) is 5.37. The highest BCUT2D eigenvalue weighted by Gasteiger charge is 2.26. The number of benzene rings is 2. The lowest BCUT2D eigenvalue weighted by atomic mass is 10.0. The summed E-state index contributed by atoms with van der Waals surface area (Å²) in [4.78, 5) is 16.3. The average Bonchev–Trinajstić information content (AvgIpc) is 3.32. The maximum absolute atomic E-state index is 14.4. The lowest BCUT2D eigenvalue weighted by Gasteiger charge is -2.10. The van der Waals surface area contributed by atoms with Gasteiger partial charge in [-0.1, -0.05) is 0 Å². The van der Waals surface area contributed by atoms with Gasteiger partial charge in [-0.05, 0) is 37.3 Å². The molecule has 0 aliphatic carbocycles. The Morgan fingerprint density at radius 2 is 2.03 bits per heavy atom. The quantitative estimate of drug-likeness (QED) is 0.533. The normalized spacial score (nSPS) is 12.5. The van der Waals surface area contributed by atoms with Crippen molar-refractivity contribution in [3.8, 4) is 34.2 Å². The molecule has 10 heteroatoms. The first-order valence-corrected chi connectivity index (χ1v) is 9.90. The maximum Gasteiger partial charge on any atom is 0.251 e. The van der Waals surface area contributed by atoms with Gasteiger partial charge in [-0.3, -0.25) is 9.48 Å². The number of rotatable bonds is 3. The van der Waals surface area contributed by atoms with E-state index in [1.165, 1.54) is 17.1 Å². The van der Waals surface area contributed by atoms with Crippen molar-refractivity contribution < 1.29 is 18.3 Å². The van der Waals surface area contributed by atoms with Gasteiger partial charge in [0.05, 0.1) is 12.2 Å². The summed E-state index contributed by atoms with van der Waals surface area (Å²) in [5.41, 5.74) is 3.46. The molecule has 1 N–H and O–H groups in total. The zero-order valence-electron chi connectivity index (χ0n) is 17.3. The van der Waals surface area contributed by atoms with Gasteiger partial charge in [0, 0.05) is 29.8 Å². The van der Waals surface area contributed by atoms with Gasteiger partial charge in [0.25, 0.3) is 5.91 Å². The zero-order valence-corrected chi connectivity index (χ0v) is 17.3. The van der Waals surface area contributed by atoms with Crippen molar-refractivity contribution in [2.24, 2.45) is 0 Å². The molecule has 0 fully saturated rings. The van der Waals surface area contributed by atoms with E-state index in [0.717, 1.165) is 29.0 Å². The second-order valence-corrected chi connectivity index (χ2v) is 7.28. The molecular formula is C22H18F2N6O2. The Bertz CT molecular complexity index is 1360. The van der Waals surface area contributed by atoms with E-state index in [2.05, 4.69) is 15.4 Å². The molecule has 5 rings (SSSR count). The van der Waals surface area contributed by atoms with Crippen molar-refractivity contribution in [1.29, 1.82) is 0 Å². The smallest absolute Gasteiger partial charge is 0.251 e. The van der Waals surface area contributed by atoms with Gasteiger partial charge >= 0.3 is 0 Å². The SMILES string of the molecule is CNC(=O)c1ccc2c(c1)OCCn1nc(-c3ncnn3-c3ccc(F)cc3F)c(C)c1-2. The van der Waals surface area contributed by atoms with E-state index in [4.69, 9.17) is 9.84 Å². The number of hydrogen-bond acceptors (Lipinski definition) is 5. The zero-order chi connectivity index (χ0) is 22.4. The van der Waals surface area contributed by atoms with Crippen LogP contribution in [0, 0.1) is 18.6 Å². The number of halogens is 2. The maximum atomic E-state index is 14.4. The van der Waals surface area contributed by atoms with Gasteiger partial charge in [0.2, 0.25) is 0 Å². The topological polar surface area (TPSA) is 86.9 Å². The number of fused-ring (bicyclic) bond motifs is 3. The van der Waals surface area contributed by atoms with Crippen molar-refractivity contribution in [1.82, 2.24) is 29.9 Å². The molecular weight excluding hydrogens is 418 g/mol. The Labute approximate surface area is 181 Å². The number of amides is 1.